The standard InChI is InChI=1S/C12H22OSi/c1-7-8-9-10-11-13-14(5,6)12(2,3)4/h7-11H,1H2,2-6H3/b9-8+,11-10+. The Kier molecular flexibility index (Phi) is 4.92. The molecule has 0 bridgehead atoms. The van der Waals surface area contributed by atoms with Gasteiger partial charge in [-0.1, -0.05) is 45.6 Å². The van der Waals surface area contributed by atoms with Crippen molar-refractivity contribution < 1.29 is 4.43 Å². The van der Waals surface area contributed by atoms with Gasteiger partial charge >= 0.3 is 0 Å². The van der Waals surface area contributed by atoms with E-state index in [-0.39, 0.29) is 5.04 Å². The van der Waals surface area contributed by atoms with E-state index in [9.17, 15) is 0 Å². The zero-order valence-corrected chi connectivity index (χ0v) is 11.0. The van der Waals surface area contributed by atoms with Crippen LogP contribution in [-0.4, -0.2) is 8.32 Å². The summed E-state index contributed by atoms with van der Waals surface area (Å²) in [7, 11) is -1.61. The van der Waals surface area contributed by atoms with Crippen LogP contribution >= 0.6 is 0 Å². The summed E-state index contributed by atoms with van der Waals surface area (Å²) in [6.45, 7) is 14.7. The summed E-state index contributed by atoms with van der Waals surface area (Å²) < 4.78 is 5.81. The minimum atomic E-state index is -1.61. The monoisotopic (exact) mass is 210 g/mol. The molecule has 2 heteroatoms. The molecule has 0 amide bonds. The van der Waals surface area contributed by atoms with Crippen molar-refractivity contribution in [2.45, 2.75) is 38.9 Å². The molecule has 0 saturated heterocycles. The fraction of sp³-hybridized carbons (Fsp3) is 0.500. The van der Waals surface area contributed by atoms with Crippen molar-refractivity contribution in [3.63, 3.8) is 0 Å². The molecule has 0 aromatic rings. The first-order valence-electron chi connectivity index (χ1n) is 4.93. The molecule has 0 N–H and O–H groups in total. The van der Waals surface area contributed by atoms with Gasteiger partial charge in [0.05, 0.1) is 6.26 Å². The Labute approximate surface area is 89.3 Å². The quantitative estimate of drug-likeness (QED) is 0.382. The van der Waals surface area contributed by atoms with Gasteiger partial charge in [0.15, 0.2) is 0 Å². The third kappa shape index (κ3) is 4.47. The second kappa shape index (κ2) is 5.20. The van der Waals surface area contributed by atoms with Gasteiger partial charge in [0.2, 0.25) is 8.32 Å². The second-order valence-corrected chi connectivity index (χ2v) is 9.58. The van der Waals surface area contributed by atoms with E-state index in [1.807, 2.05) is 18.2 Å². The van der Waals surface area contributed by atoms with E-state index < -0.39 is 8.32 Å². The Morgan fingerprint density at radius 2 is 1.64 bits per heavy atom. The van der Waals surface area contributed by atoms with Crippen molar-refractivity contribution in [3.8, 4) is 0 Å². The summed E-state index contributed by atoms with van der Waals surface area (Å²) in [4.78, 5) is 0. The van der Waals surface area contributed by atoms with Gasteiger partial charge in [-0.15, -0.1) is 0 Å². The molecule has 0 radical (unpaired) electrons. The van der Waals surface area contributed by atoms with Crippen LogP contribution in [0.2, 0.25) is 18.1 Å². The number of hydrogen-bond acceptors (Lipinski definition) is 1. The molecule has 0 aliphatic rings. The van der Waals surface area contributed by atoms with Gasteiger partial charge in [-0.2, -0.15) is 0 Å². The summed E-state index contributed by atoms with van der Waals surface area (Å²) in [5.41, 5.74) is 0. The van der Waals surface area contributed by atoms with E-state index in [4.69, 9.17) is 4.43 Å². The van der Waals surface area contributed by atoms with Crippen LogP contribution < -0.4 is 0 Å². The lowest BCUT2D eigenvalue weighted by Gasteiger charge is -2.34. The molecule has 0 spiro atoms. The van der Waals surface area contributed by atoms with Crippen molar-refractivity contribution in [1.29, 1.82) is 0 Å². The zero-order chi connectivity index (χ0) is 11.2. The van der Waals surface area contributed by atoms with Gasteiger partial charge < -0.3 is 4.43 Å². The lowest BCUT2D eigenvalue weighted by molar-refractivity contribution is 0.430. The van der Waals surface area contributed by atoms with E-state index in [1.165, 1.54) is 0 Å². The molecule has 1 nitrogen and oxygen atoms in total. The average molecular weight is 210 g/mol. The number of hydrogen-bond donors (Lipinski definition) is 0. The number of allylic oxidation sites excluding steroid dienone is 4. The largest absolute Gasteiger partial charge is 0.549 e. The number of rotatable bonds is 4. The smallest absolute Gasteiger partial charge is 0.249 e. The van der Waals surface area contributed by atoms with Crippen molar-refractivity contribution >= 4 is 8.32 Å². The third-order valence-electron chi connectivity index (χ3n) is 2.61. The lowest BCUT2D eigenvalue weighted by Crippen LogP contribution is -2.39. The van der Waals surface area contributed by atoms with Gasteiger partial charge in [-0.25, -0.2) is 0 Å². The van der Waals surface area contributed by atoms with Crippen LogP contribution in [0.15, 0.2) is 37.1 Å². The summed E-state index contributed by atoms with van der Waals surface area (Å²) >= 11 is 0. The predicted octanol–water partition coefficient (Wildman–Crippen LogP) is 4.26. The van der Waals surface area contributed by atoms with E-state index in [0.29, 0.717) is 0 Å². The van der Waals surface area contributed by atoms with Crippen molar-refractivity contribution in [2.75, 3.05) is 0 Å². The van der Waals surface area contributed by atoms with Crippen LogP contribution in [-0.2, 0) is 4.43 Å². The van der Waals surface area contributed by atoms with Crippen LogP contribution in [0.3, 0.4) is 0 Å². The lowest BCUT2D eigenvalue weighted by atomic mass is 10.2. The highest BCUT2D eigenvalue weighted by atomic mass is 28.4. The SMILES string of the molecule is C=C/C=C/C=C/O[Si](C)(C)C(C)(C)C. The molecular weight excluding hydrogens is 188 g/mol. The summed E-state index contributed by atoms with van der Waals surface area (Å²) in [5.74, 6) is 0. The van der Waals surface area contributed by atoms with E-state index in [2.05, 4.69) is 40.4 Å². The van der Waals surface area contributed by atoms with Crippen molar-refractivity contribution in [2.24, 2.45) is 0 Å². The van der Waals surface area contributed by atoms with E-state index >= 15 is 0 Å². The molecule has 0 aliphatic heterocycles. The minimum Gasteiger partial charge on any atom is -0.549 e. The molecule has 0 heterocycles. The molecule has 0 unspecified atom stereocenters. The molecular formula is C12H22OSi. The Morgan fingerprint density at radius 3 is 2.07 bits per heavy atom. The van der Waals surface area contributed by atoms with Crippen LogP contribution in [0, 0.1) is 0 Å². The molecule has 0 fully saturated rings. The van der Waals surface area contributed by atoms with E-state index in [1.54, 1.807) is 12.3 Å². The van der Waals surface area contributed by atoms with Gasteiger partial charge in [-0.3, -0.25) is 0 Å². The van der Waals surface area contributed by atoms with Gasteiger partial charge in [0.1, 0.15) is 0 Å². The highest BCUT2D eigenvalue weighted by Crippen LogP contribution is 2.36. The van der Waals surface area contributed by atoms with Crippen molar-refractivity contribution in [3.05, 3.63) is 37.1 Å². The van der Waals surface area contributed by atoms with Gasteiger partial charge in [-0.05, 0) is 24.2 Å². The van der Waals surface area contributed by atoms with E-state index in [0.717, 1.165) is 0 Å². The van der Waals surface area contributed by atoms with Crippen LogP contribution in [0.25, 0.3) is 0 Å². The molecule has 0 aliphatic carbocycles. The highest BCUT2D eigenvalue weighted by Gasteiger charge is 2.37. The fourth-order valence-corrected chi connectivity index (χ4v) is 1.35. The maximum Gasteiger partial charge on any atom is 0.249 e. The molecule has 0 aromatic heterocycles. The molecule has 0 saturated carbocycles. The Balaban J connectivity index is 4.19. The third-order valence-corrected chi connectivity index (χ3v) is 6.94. The summed E-state index contributed by atoms with van der Waals surface area (Å²) in [6, 6.07) is 0. The Hall–Kier alpha value is -0.763. The Bertz CT molecular complexity index is 231. The normalized spacial score (nSPS) is 13.8. The molecule has 0 atom stereocenters. The van der Waals surface area contributed by atoms with Crippen molar-refractivity contribution in [1.82, 2.24) is 0 Å². The molecule has 80 valence electrons. The van der Waals surface area contributed by atoms with Crippen LogP contribution in [0.4, 0.5) is 0 Å². The fourth-order valence-electron chi connectivity index (χ4n) is 0.574. The van der Waals surface area contributed by atoms with Crippen LogP contribution in [0.1, 0.15) is 20.8 Å². The van der Waals surface area contributed by atoms with Gasteiger partial charge in [0, 0.05) is 0 Å². The molecule has 0 aromatic carbocycles. The first-order valence-corrected chi connectivity index (χ1v) is 7.84. The maximum absolute atomic E-state index is 5.81. The molecule has 14 heavy (non-hydrogen) atoms. The van der Waals surface area contributed by atoms with Gasteiger partial charge in [0.25, 0.3) is 0 Å². The maximum atomic E-state index is 5.81. The summed E-state index contributed by atoms with van der Waals surface area (Å²) in [6.07, 6.45) is 9.24. The van der Waals surface area contributed by atoms with Crippen LogP contribution in [0.5, 0.6) is 0 Å². The molecule has 0 rings (SSSR count). The second-order valence-electron chi connectivity index (χ2n) is 4.83. The highest BCUT2D eigenvalue weighted by molar-refractivity contribution is 6.74. The first-order chi connectivity index (χ1) is 6.31. The summed E-state index contributed by atoms with van der Waals surface area (Å²) in [5, 5.41) is 0.263. The minimum absolute atomic E-state index is 0.263. The Morgan fingerprint density at radius 1 is 1.07 bits per heavy atom. The topological polar surface area (TPSA) is 9.23 Å². The average Bonchev–Trinajstić information content (AvgIpc) is 2.02. The zero-order valence-electron chi connectivity index (χ0n) is 10.0. The first kappa shape index (κ1) is 13.2. The predicted molar refractivity (Wildman–Crippen MR) is 66.8 cm³/mol.